The Bertz CT molecular complexity index is 337. The zero-order valence-electron chi connectivity index (χ0n) is 13.3. The first-order chi connectivity index (χ1) is 10.1. The van der Waals surface area contributed by atoms with E-state index in [9.17, 15) is 0 Å². The molecule has 4 atom stereocenters. The van der Waals surface area contributed by atoms with Crippen molar-refractivity contribution in [2.45, 2.75) is 95.4 Å². The van der Waals surface area contributed by atoms with E-state index in [0.29, 0.717) is 11.8 Å². The smallest absolute Gasteiger partial charge is 0.164 e. The average Bonchev–Trinajstić information content (AvgIpc) is 3.16. The Kier molecular flexibility index (Phi) is 3.77. The molecular weight excluding hydrogens is 268 g/mol. The van der Waals surface area contributed by atoms with Gasteiger partial charge in [-0.05, 0) is 51.4 Å². The van der Waals surface area contributed by atoms with E-state index in [-0.39, 0.29) is 24.4 Å². The Hall–Kier alpha value is -0.160. The van der Waals surface area contributed by atoms with E-state index in [1.165, 1.54) is 51.4 Å². The molecular formula is C17H28O4. The van der Waals surface area contributed by atoms with Crippen molar-refractivity contribution < 1.29 is 19.2 Å². The third-order valence-corrected chi connectivity index (χ3v) is 5.82. The zero-order chi connectivity index (χ0) is 14.4. The fraction of sp³-hybridized carbons (Fsp3) is 1.00. The standard InChI is InChI=1S/C17H28O4/c1-17(2)18-15-13(11-7-3-4-8-11)20-21-14(16(15)19-17)12-9-5-6-10-12/h11-16H,3-10H2,1-2H3/t13-,14+,15-,16+. The summed E-state index contributed by atoms with van der Waals surface area (Å²) in [6.07, 6.45) is 10.3. The maximum Gasteiger partial charge on any atom is 0.164 e. The molecule has 0 amide bonds. The molecule has 2 heterocycles. The van der Waals surface area contributed by atoms with Gasteiger partial charge in [0.1, 0.15) is 24.4 Å². The van der Waals surface area contributed by atoms with Crippen LogP contribution in [0.2, 0.25) is 0 Å². The summed E-state index contributed by atoms with van der Waals surface area (Å²) in [6.45, 7) is 4.03. The Morgan fingerprint density at radius 2 is 1.00 bits per heavy atom. The summed E-state index contributed by atoms with van der Waals surface area (Å²) in [6, 6.07) is 0. The van der Waals surface area contributed by atoms with Crippen LogP contribution in [0.15, 0.2) is 0 Å². The Morgan fingerprint density at radius 1 is 0.619 bits per heavy atom. The van der Waals surface area contributed by atoms with Gasteiger partial charge in [0.05, 0.1) is 0 Å². The molecule has 0 aromatic carbocycles. The van der Waals surface area contributed by atoms with E-state index < -0.39 is 5.79 Å². The molecule has 21 heavy (non-hydrogen) atoms. The van der Waals surface area contributed by atoms with Gasteiger partial charge in [-0.25, -0.2) is 9.78 Å². The Labute approximate surface area is 127 Å². The largest absolute Gasteiger partial charge is 0.342 e. The number of rotatable bonds is 2. The minimum Gasteiger partial charge on any atom is -0.342 e. The van der Waals surface area contributed by atoms with Gasteiger partial charge in [-0.1, -0.05) is 25.7 Å². The van der Waals surface area contributed by atoms with Gasteiger partial charge in [-0.15, -0.1) is 0 Å². The lowest BCUT2D eigenvalue weighted by Gasteiger charge is -2.40. The zero-order valence-corrected chi connectivity index (χ0v) is 13.3. The van der Waals surface area contributed by atoms with Crippen molar-refractivity contribution in [3.63, 3.8) is 0 Å². The number of hydrogen-bond donors (Lipinski definition) is 0. The molecule has 4 heteroatoms. The quantitative estimate of drug-likeness (QED) is 0.730. The van der Waals surface area contributed by atoms with Crippen LogP contribution in [0.4, 0.5) is 0 Å². The summed E-state index contributed by atoms with van der Waals surface area (Å²) < 4.78 is 12.5. The highest BCUT2D eigenvalue weighted by atomic mass is 17.2. The van der Waals surface area contributed by atoms with E-state index in [0.717, 1.165) is 0 Å². The highest BCUT2D eigenvalue weighted by Gasteiger charge is 2.56. The summed E-state index contributed by atoms with van der Waals surface area (Å²) in [5.41, 5.74) is 0. The predicted molar refractivity (Wildman–Crippen MR) is 77.5 cm³/mol. The number of ether oxygens (including phenoxy) is 2. The highest BCUT2D eigenvalue weighted by molar-refractivity contribution is 4.98. The summed E-state index contributed by atoms with van der Waals surface area (Å²) >= 11 is 0. The van der Waals surface area contributed by atoms with Gasteiger partial charge in [-0.3, -0.25) is 0 Å². The van der Waals surface area contributed by atoms with Crippen molar-refractivity contribution >= 4 is 0 Å². The van der Waals surface area contributed by atoms with Crippen molar-refractivity contribution in [2.75, 3.05) is 0 Å². The Balaban J connectivity index is 1.54. The van der Waals surface area contributed by atoms with Gasteiger partial charge < -0.3 is 9.47 Å². The highest BCUT2D eigenvalue weighted by Crippen LogP contribution is 2.45. The van der Waals surface area contributed by atoms with Crippen LogP contribution in [0.5, 0.6) is 0 Å². The molecule has 2 aliphatic carbocycles. The van der Waals surface area contributed by atoms with Crippen molar-refractivity contribution in [1.29, 1.82) is 0 Å². The van der Waals surface area contributed by atoms with Crippen molar-refractivity contribution in [3.05, 3.63) is 0 Å². The maximum atomic E-state index is 6.24. The monoisotopic (exact) mass is 296 g/mol. The van der Waals surface area contributed by atoms with Gasteiger partial charge in [0.2, 0.25) is 0 Å². The molecule has 4 nitrogen and oxygen atoms in total. The molecule has 0 N–H and O–H groups in total. The van der Waals surface area contributed by atoms with Crippen LogP contribution in [0.3, 0.4) is 0 Å². The van der Waals surface area contributed by atoms with Crippen LogP contribution in [-0.4, -0.2) is 30.2 Å². The lowest BCUT2D eigenvalue weighted by atomic mass is 9.86. The fourth-order valence-corrected chi connectivity index (χ4v) is 4.83. The number of fused-ring (bicyclic) bond motifs is 1. The normalized spacial score (nSPS) is 44.3. The van der Waals surface area contributed by atoms with Crippen LogP contribution >= 0.6 is 0 Å². The fourth-order valence-electron chi connectivity index (χ4n) is 4.83. The molecule has 2 saturated carbocycles. The van der Waals surface area contributed by atoms with E-state index in [2.05, 4.69) is 0 Å². The lowest BCUT2D eigenvalue weighted by molar-refractivity contribution is -0.415. The third-order valence-electron chi connectivity index (χ3n) is 5.82. The molecule has 4 fully saturated rings. The summed E-state index contributed by atoms with van der Waals surface area (Å²) in [7, 11) is 0. The minimum atomic E-state index is -0.514. The second kappa shape index (κ2) is 5.48. The summed E-state index contributed by atoms with van der Waals surface area (Å²) in [4.78, 5) is 11.8. The molecule has 0 spiro atoms. The SMILES string of the molecule is CC1(C)O[C@@H]2[C@H](O1)[C@@H](C1CCCC1)OO[C@H]2C1CCCC1. The second-order valence-corrected chi connectivity index (χ2v) is 7.78. The van der Waals surface area contributed by atoms with Gasteiger partial charge in [0.25, 0.3) is 0 Å². The van der Waals surface area contributed by atoms with Crippen LogP contribution in [0.1, 0.15) is 65.2 Å². The van der Waals surface area contributed by atoms with Gasteiger partial charge in [0, 0.05) is 0 Å². The first kappa shape index (κ1) is 14.4. The second-order valence-electron chi connectivity index (χ2n) is 7.78. The maximum absolute atomic E-state index is 6.24. The Morgan fingerprint density at radius 3 is 1.38 bits per heavy atom. The molecule has 4 aliphatic rings. The molecule has 0 radical (unpaired) electrons. The molecule has 120 valence electrons. The minimum absolute atomic E-state index is 0.0439. The van der Waals surface area contributed by atoms with Gasteiger partial charge in [-0.2, -0.15) is 0 Å². The van der Waals surface area contributed by atoms with E-state index in [4.69, 9.17) is 19.2 Å². The topological polar surface area (TPSA) is 36.9 Å². The molecule has 0 aromatic rings. The van der Waals surface area contributed by atoms with Gasteiger partial charge in [0.15, 0.2) is 5.79 Å². The molecule has 0 unspecified atom stereocenters. The first-order valence-corrected chi connectivity index (χ1v) is 8.82. The summed E-state index contributed by atoms with van der Waals surface area (Å²) in [5.74, 6) is 0.624. The van der Waals surface area contributed by atoms with Crippen LogP contribution in [-0.2, 0) is 19.2 Å². The average molecular weight is 296 g/mol. The first-order valence-electron chi connectivity index (χ1n) is 8.82. The van der Waals surface area contributed by atoms with Crippen LogP contribution < -0.4 is 0 Å². The molecule has 2 aliphatic heterocycles. The van der Waals surface area contributed by atoms with Crippen LogP contribution in [0, 0.1) is 11.8 Å². The van der Waals surface area contributed by atoms with Crippen molar-refractivity contribution in [1.82, 2.24) is 0 Å². The third kappa shape index (κ3) is 2.65. The molecule has 4 rings (SSSR count). The van der Waals surface area contributed by atoms with E-state index >= 15 is 0 Å². The van der Waals surface area contributed by atoms with Gasteiger partial charge >= 0.3 is 0 Å². The summed E-state index contributed by atoms with van der Waals surface area (Å²) in [5, 5.41) is 0. The van der Waals surface area contributed by atoms with E-state index in [1.807, 2.05) is 13.8 Å². The molecule has 2 saturated heterocycles. The van der Waals surface area contributed by atoms with Crippen molar-refractivity contribution in [3.8, 4) is 0 Å². The molecule has 0 aromatic heterocycles. The van der Waals surface area contributed by atoms with E-state index in [1.54, 1.807) is 0 Å². The lowest BCUT2D eigenvalue weighted by Crippen LogP contribution is -2.54. The van der Waals surface area contributed by atoms with Crippen LogP contribution in [0.25, 0.3) is 0 Å². The molecule has 0 bridgehead atoms. The van der Waals surface area contributed by atoms with Crippen molar-refractivity contribution in [2.24, 2.45) is 11.8 Å². The number of hydrogen-bond acceptors (Lipinski definition) is 4. The predicted octanol–water partition coefficient (Wildman–Crippen LogP) is 3.59.